The third-order valence-electron chi connectivity index (χ3n) is 4.51. The Labute approximate surface area is 135 Å². The molecule has 5 heteroatoms. The number of benzene rings is 1. The fraction of sp³-hybridized carbons (Fsp3) is 0.333. The van der Waals surface area contributed by atoms with Crippen molar-refractivity contribution in [1.82, 2.24) is 14.6 Å². The van der Waals surface area contributed by atoms with Crippen LogP contribution in [0.15, 0.2) is 48.7 Å². The Morgan fingerprint density at radius 1 is 1.09 bits per heavy atom. The summed E-state index contributed by atoms with van der Waals surface area (Å²) in [6, 6.07) is 14.4. The third kappa shape index (κ3) is 2.68. The first-order valence-corrected chi connectivity index (χ1v) is 8.03. The lowest BCUT2D eigenvalue weighted by atomic mass is 10.1. The van der Waals surface area contributed by atoms with Crippen LogP contribution in [0.1, 0.15) is 12.8 Å². The van der Waals surface area contributed by atoms with Gasteiger partial charge in [0.1, 0.15) is 5.82 Å². The molecule has 0 N–H and O–H groups in total. The van der Waals surface area contributed by atoms with Crippen LogP contribution in [-0.2, 0) is 4.74 Å². The Hall–Kier alpha value is -2.40. The van der Waals surface area contributed by atoms with Gasteiger partial charge in [-0.1, -0.05) is 30.3 Å². The van der Waals surface area contributed by atoms with E-state index in [0.717, 1.165) is 48.7 Å². The quantitative estimate of drug-likeness (QED) is 0.746. The predicted molar refractivity (Wildman–Crippen MR) is 90.7 cm³/mol. The smallest absolute Gasteiger partial charge is 0.157 e. The molecule has 0 unspecified atom stereocenters. The number of ether oxygens (including phenoxy) is 1. The Bertz CT molecular complexity index is 791. The molecule has 5 nitrogen and oxygen atoms in total. The number of methoxy groups -OCH3 is 1. The zero-order chi connectivity index (χ0) is 15.6. The summed E-state index contributed by atoms with van der Waals surface area (Å²) in [7, 11) is 1.80. The molecular weight excluding hydrogens is 288 g/mol. The molecule has 0 radical (unpaired) electrons. The Morgan fingerprint density at radius 3 is 2.61 bits per heavy atom. The second kappa shape index (κ2) is 6.01. The topological polar surface area (TPSA) is 42.7 Å². The second-order valence-corrected chi connectivity index (χ2v) is 5.89. The Kier molecular flexibility index (Phi) is 3.71. The highest BCUT2D eigenvalue weighted by Gasteiger charge is 2.21. The number of hydrogen-bond donors (Lipinski definition) is 0. The summed E-state index contributed by atoms with van der Waals surface area (Å²) >= 11 is 0. The highest BCUT2D eigenvalue weighted by molar-refractivity contribution is 5.66. The minimum Gasteiger partial charge on any atom is -0.381 e. The van der Waals surface area contributed by atoms with Crippen molar-refractivity contribution >= 4 is 11.5 Å². The third-order valence-corrected chi connectivity index (χ3v) is 4.51. The highest BCUT2D eigenvalue weighted by Crippen LogP contribution is 2.26. The normalized spacial score (nSPS) is 16.1. The first-order chi connectivity index (χ1) is 11.3. The molecule has 2 aromatic heterocycles. The number of rotatable bonds is 3. The van der Waals surface area contributed by atoms with E-state index in [1.807, 2.05) is 35.0 Å². The molecule has 0 atom stereocenters. The summed E-state index contributed by atoms with van der Waals surface area (Å²) in [4.78, 5) is 7.12. The van der Waals surface area contributed by atoms with Gasteiger partial charge in [-0.05, 0) is 12.8 Å². The van der Waals surface area contributed by atoms with E-state index in [1.54, 1.807) is 7.11 Å². The van der Waals surface area contributed by atoms with Crippen LogP contribution in [0, 0.1) is 0 Å². The minimum atomic E-state index is 0.370. The van der Waals surface area contributed by atoms with Crippen LogP contribution in [0.3, 0.4) is 0 Å². The molecule has 1 aliphatic rings. The standard InChI is InChI=1S/C18H20N4O/c1-23-15-8-11-21(12-9-15)18-13-16(14-5-3-2-4-6-14)20-17-7-10-19-22(17)18/h2-7,10,13,15H,8-9,11-12H2,1H3. The fourth-order valence-electron chi connectivity index (χ4n) is 3.20. The fourth-order valence-corrected chi connectivity index (χ4v) is 3.20. The van der Waals surface area contributed by atoms with Crippen LogP contribution >= 0.6 is 0 Å². The van der Waals surface area contributed by atoms with E-state index in [2.05, 4.69) is 28.2 Å². The number of nitrogens with zero attached hydrogens (tertiary/aromatic N) is 4. The van der Waals surface area contributed by atoms with Crippen molar-refractivity contribution < 1.29 is 4.74 Å². The number of hydrogen-bond acceptors (Lipinski definition) is 4. The van der Waals surface area contributed by atoms with E-state index in [4.69, 9.17) is 9.72 Å². The average Bonchev–Trinajstić information content (AvgIpc) is 3.10. The van der Waals surface area contributed by atoms with Gasteiger partial charge in [0.15, 0.2) is 5.65 Å². The molecule has 1 saturated heterocycles. The van der Waals surface area contributed by atoms with Crippen LogP contribution < -0.4 is 4.90 Å². The molecule has 0 spiro atoms. The average molecular weight is 308 g/mol. The summed E-state index contributed by atoms with van der Waals surface area (Å²) < 4.78 is 7.41. The van der Waals surface area contributed by atoms with Crippen LogP contribution in [0.4, 0.5) is 5.82 Å². The van der Waals surface area contributed by atoms with Crippen molar-refractivity contribution in [3.8, 4) is 11.3 Å². The van der Waals surface area contributed by atoms with Gasteiger partial charge < -0.3 is 9.64 Å². The maximum atomic E-state index is 5.48. The van der Waals surface area contributed by atoms with Crippen molar-refractivity contribution in [3.63, 3.8) is 0 Å². The molecule has 0 aliphatic carbocycles. The predicted octanol–water partition coefficient (Wildman–Crippen LogP) is 3.01. The number of aromatic nitrogens is 3. The summed E-state index contributed by atoms with van der Waals surface area (Å²) in [6.07, 6.45) is 4.27. The van der Waals surface area contributed by atoms with Gasteiger partial charge in [-0.25, -0.2) is 4.98 Å². The van der Waals surface area contributed by atoms with E-state index in [9.17, 15) is 0 Å². The van der Waals surface area contributed by atoms with Gasteiger partial charge in [-0.2, -0.15) is 9.61 Å². The molecule has 3 heterocycles. The molecule has 118 valence electrons. The minimum absolute atomic E-state index is 0.370. The van der Waals surface area contributed by atoms with Gasteiger partial charge in [0.2, 0.25) is 0 Å². The van der Waals surface area contributed by atoms with Gasteiger partial charge in [0.05, 0.1) is 18.0 Å². The monoisotopic (exact) mass is 308 g/mol. The molecular formula is C18H20N4O. The van der Waals surface area contributed by atoms with Crippen LogP contribution in [0.2, 0.25) is 0 Å². The molecule has 1 aliphatic heterocycles. The molecule has 3 aromatic rings. The molecule has 0 bridgehead atoms. The van der Waals surface area contributed by atoms with Gasteiger partial charge in [-0.3, -0.25) is 0 Å². The molecule has 1 aromatic carbocycles. The van der Waals surface area contributed by atoms with E-state index in [-0.39, 0.29) is 0 Å². The van der Waals surface area contributed by atoms with Crippen molar-refractivity contribution in [3.05, 3.63) is 48.7 Å². The zero-order valence-corrected chi connectivity index (χ0v) is 13.2. The maximum Gasteiger partial charge on any atom is 0.157 e. The summed E-state index contributed by atoms with van der Waals surface area (Å²) in [5.74, 6) is 1.11. The van der Waals surface area contributed by atoms with Crippen molar-refractivity contribution in [2.75, 3.05) is 25.1 Å². The first kappa shape index (κ1) is 14.2. The van der Waals surface area contributed by atoms with Crippen molar-refractivity contribution in [2.45, 2.75) is 18.9 Å². The second-order valence-electron chi connectivity index (χ2n) is 5.89. The molecule has 1 fully saturated rings. The van der Waals surface area contributed by atoms with Crippen LogP contribution in [0.5, 0.6) is 0 Å². The van der Waals surface area contributed by atoms with E-state index in [1.165, 1.54) is 0 Å². The summed E-state index contributed by atoms with van der Waals surface area (Å²) in [5, 5.41) is 4.45. The lowest BCUT2D eigenvalue weighted by Crippen LogP contribution is -2.37. The van der Waals surface area contributed by atoms with Crippen LogP contribution in [-0.4, -0.2) is 40.9 Å². The lowest BCUT2D eigenvalue weighted by Gasteiger charge is -2.33. The highest BCUT2D eigenvalue weighted by atomic mass is 16.5. The van der Waals surface area contributed by atoms with Crippen LogP contribution in [0.25, 0.3) is 16.9 Å². The lowest BCUT2D eigenvalue weighted by molar-refractivity contribution is 0.0817. The number of fused-ring (bicyclic) bond motifs is 1. The van der Waals surface area contributed by atoms with Gasteiger partial charge in [0, 0.05) is 37.9 Å². The Morgan fingerprint density at radius 2 is 1.87 bits per heavy atom. The zero-order valence-electron chi connectivity index (χ0n) is 13.2. The van der Waals surface area contributed by atoms with Gasteiger partial charge in [0.25, 0.3) is 0 Å². The molecule has 23 heavy (non-hydrogen) atoms. The number of piperidine rings is 1. The molecule has 4 rings (SSSR count). The number of anilines is 1. The van der Waals surface area contributed by atoms with Crippen molar-refractivity contribution in [1.29, 1.82) is 0 Å². The largest absolute Gasteiger partial charge is 0.381 e. The van der Waals surface area contributed by atoms with Crippen molar-refractivity contribution in [2.24, 2.45) is 0 Å². The maximum absolute atomic E-state index is 5.48. The van der Waals surface area contributed by atoms with Gasteiger partial charge >= 0.3 is 0 Å². The Balaban J connectivity index is 1.75. The first-order valence-electron chi connectivity index (χ1n) is 8.03. The van der Waals surface area contributed by atoms with E-state index >= 15 is 0 Å². The molecule has 0 saturated carbocycles. The summed E-state index contributed by atoms with van der Waals surface area (Å²) in [5.41, 5.74) is 3.00. The van der Waals surface area contributed by atoms with E-state index in [0.29, 0.717) is 6.10 Å². The van der Waals surface area contributed by atoms with E-state index < -0.39 is 0 Å². The van der Waals surface area contributed by atoms with Gasteiger partial charge in [-0.15, -0.1) is 0 Å². The SMILES string of the molecule is COC1CCN(c2cc(-c3ccccc3)nc3ccnn23)CC1. The summed E-state index contributed by atoms with van der Waals surface area (Å²) in [6.45, 7) is 1.96. The molecule has 0 amide bonds.